The lowest BCUT2D eigenvalue weighted by atomic mass is 10.2. The minimum atomic E-state index is -4.37. The van der Waals surface area contributed by atoms with Crippen LogP contribution < -0.4 is 15.4 Å². The van der Waals surface area contributed by atoms with Crippen LogP contribution in [0.2, 0.25) is 0 Å². The Kier molecular flexibility index (Phi) is 11.7. The molecule has 0 aliphatic rings. The van der Waals surface area contributed by atoms with Crippen molar-refractivity contribution < 1.29 is 22.7 Å². The molecule has 1 heterocycles. The fraction of sp³-hybridized carbons (Fsp3) is 0.400. The monoisotopic (exact) mass is 570 g/mol. The first-order valence-corrected chi connectivity index (χ1v) is 10.1. The largest absolute Gasteiger partial charge is 0.484 e. The van der Waals surface area contributed by atoms with Crippen molar-refractivity contribution in [2.24, 2.45) is 4.99 Å². The van der Waals surface area contributed by atoms with Crippen LogP contribution in [0.4, 0.5) is 13.2 Å². The highest BCUT2D eigenvalue weighted by Gasteiger charge is 2.28. The number of nitrogens with zero attached hydrogens (tertiary/aromatic N) is 2. The van der Waals surface area contributed by atoms with E-state index in [0.29, 0.717) is 19.0 Å². The molecule has 1 aromatic heterocycles. The van der Waals surface area contributed by atoms with Gasteiger partial charge in [-0.2, -0.15) is 13.2 Å². The Labute approximate surface area is 200 Å². The molecule has 6 nitrogen and oxygen atoms in total. The summed E-state index contributed by atoms with van der Waals surface area (Å²) in [7, 11) is 3.35. The van der Waals surface area contributed by atoms with Crippen molar-refractivity contribution >= 4 is 47.2 Å². The molecular weight excluding hydrogens is 544 g/mol. The van der Waals surface area contributed by atoms with Crippen molar-refractivity contribution in [3.63, 3.8) is 0 Å². The summed E-state index contributed by atoms with van der Waals surface area (Å²) in [5, 5.41) is 8.21. The number of likely N-dealkylation sites (N-methyl/N-ethyl adjacent to an activating group) is 1. The number of carbonyl (C=O) groups excluding carboxylic acids is 1. The normalized spacial score (nSPS) is 11.5. The van der Waals surface area contributed by atoms with E-state index in [1.54, 1.807) is 37.6 Å². The molecule has 0 spiro atoms. The fourth-order valence-electron chi connectivity index (χ4n) is 2.28. The molecule has 31 heavy (non-hydrogen) atoms. The van der Waals surface area contributed by atoms with E-state index in [1.807, 2.05) is 11.4 Å². The van der Waals surface area contributed by atoms with Gasteiger partial charge >= 0.3 is 6.18 Å². The summed E-state index contributed by atoms with van der Waals surface area (Å²) in [4.78, 5) is 19.0. The summed E-state index contributed by atoms with van der Waals surface area (Å²) in [6, 6.07) is 10.3. The van der Waals surface area contributed by atoms with Gasteiger partial charge in [-0.25, -0.2) is 4.99 Å². The summed E-state index contributed by atoms with van der Waals surface area (Å²) in [6.45, 7) is -0.286. The molecule has 2 rings (SSSR count). The van der Waals surface area contributed by atoms with E-state index in [9.17, 15) is 18.0 Å². The van der Waals surface area contributed by atoms with E-state index in [1.165, 1.54) is 21.9 Å². The van der Waals surface area contributed by atoms with E-state index in [2.05, 4.69) is 21.7 Å². The molecule has 1 amide bonds. The maximum atomic E-state index is 12.2. The van der Waals surface area contributed by atoms with Gasteiger partial charge in [-0.15, -0.1) is 35.3 Å². The molecular formula is C20H26F3IN4O2S. The standard InChI is InChI=1S/C20H25F3N4O2S.HI/c1-27(2)18(28)13-26-19(24-10-9-17-4-3-11-30-17)25-12-15-5-7-16(8-6-15)29-14-20(21,22)23;/h3-8,11H,9-10,12-14H2,1-2H3,(H2,24,25,26);1H. The summed E-state index contributed by atoms with van der Waals surface area (Å²) in [5.41, 5.74) is 0.799. The molecule has 11 heteroatoms. The van der Waals surface area contributed by atoms with Crippen molar-refractivity contribution in [3.05, 3.63) is 52.2 Å². The van der Waals surface area contributed by atoms with Crippen LogP contribution in [0, 0.1) is 0 Å². The van der Waals surface area contributed by atoms with E-state index in [4.69, 9.17) is 4.74 Å². The molecule has 0 unspecified atom stereocenters. The van der Waals surface area contributed by atoms with Gasteiger partial charge in [0.25, 0.3) is 0 Å². The van der Waals surface area contributed by atoms with Crippen LogP contribution in [0.3, 0.4) is 0 Å². The first-order valence-electron chi connectivity index (χ1n) is 9.26. The average molecular weight is 570 g/mol. The number of aliphatic imine (C=N–C) groups is 1. The van der Waals surface area contributed by atoms with E-state index < -0.39 is 12.8 Å². The maximum Gasteiger partial charge on any atom is 0.422 e. The first-order chi connectivity index (χ1) is 14.2. The van der Waals surface area contributed by atoms with Gasteiger partial charge in [0.05, 0.1) is 13.1 Å². The summed E-state index contributed by atoms with van der Waals surface area (Å²) in [6.07, 6.45) is -3.55. The second kappa shape index (κ2) is 13.4. The molecule has 0 fully saturated rings. The number of rotatable bonds is 9. The number of ether oxygens (including phenoxy) is 1. The molecule has 0 saturated heterocycles. The quantitative estimate of drug-likeness (QED) is 0.275. The number of nitrogens with one attached hydrogen (secondary N) is 2. The van der Waals surface area contributed by atoms with E-state index in [-0.39, 0.29) is 42.2 Å². The Bertz CT molecular complexity index is 813. The van der Waals surface area contributed by atoms with Crippen LogP contribution in [0.1, 0.15) is 10.4 Å². The lowest BCUT2D eigenvalue weighted by Crippen LogP contribution is -2.43. The molecule has 172 valence electrons. The molecule has 0 aliphatic heterocycles. The van der Waals surface area contributed by atoms with Crippen LogP contribution >= 0.6 is 35.3 Å². The van der Waals surface area contributed by atoms with E-state index >= 15 is 0 Å². The lowest BCUT2D eigenvalue weighted by molar-refractivity contribution is -0.153. The number of alkyl halides is 3. The minimum Gasteiger partial charge on any atom is -0.484 e. The van der Waals surface area contributed by atoms with Gasteiger partial charge in [-0.05, 0) is 35.6 Å². The second-order valence-electron chi connectivity index (χ2n) is 6.61. The van der Waals surface area contributed by atoms with Crippen LogP contribution in [-0.2, 0) is 17.8 Å². The average Bonchev–Trinajstić information content (AvgIpc) is 3.21. The SMILES string of the molecule is CN(C)C(=O)CNC(=NCc1ccc(OCC(F)(F)F)cc1)NCCc1cccs1.I. The van der Waals surface area contributed by atoms with Crippen molar-refractivity contribution in [1.82, 2.24) is 15.5 Å². The Balaban J connectivity index is 0.00000480. The topological polar surface area (TPSA) is 66.0 Å². The third-order valence-corrected chi connectivity index (χ3v) is 4.83. The fourth-order valence-corrected chi connectivity index (χ4v) is 2.99. The highest BCUT2D eigenvalue weighted by molar-refractivity contribution is 14.0. The molecule has 1 aromatic carbocycles. The molecule has 0 radical (unpaired) electrons. The van der Waals surface area contributed by atoms with Gasteiger partial charge in [0.1, 0.15) is 5.75 Å². The molecule has 2 N–H and O–H groups in total. The van der Waals surface area contributed by atoms with Crippen LogP contribution in [0.5, 0.6) is 5.75 Å². The zero-order chi connectivity index (χ0) is 22.0. The number of thiophene rings is 1. The number of amides is 1. The van der Waals surface area contributed by atoms with Crippen molar-refractivity contribution in [2.45, 2.75) is 19.1 Å². The highest BCUT2D eigenvalue weighted by atomic mass is 127. The Hall–Kier alpha value is -2.02. The van der Waals surface area contributed by atoms with Gasteiger partial charge in [-0.1, -0.05) is 18.2 Å². The van der Waals surface area contributed by atoms with Gasteiger partial charge in [-0.3, -0.25) is 4.79 Å². The Morgan fingerprint density at radius 3 is 2.45 bits per heavy atom. The van der Waals surface area contributed by atoms with E-state index in [0.717, 1.165) is 12.0 Å². The number of carbonyl (C=O) groups is 1. The molecule has 0 bridgehead atoms. The lowest BCUT2D eigenvalue weighted by Gasteiger charge is -2.15. The predicted octanol–water partition coefficient (Wildman–Crippen LogP) is 3.67. The molecule has 0 atom stereocenters. The minimum absolute atomic E-state index is 0. The van der Waals surface area contributed by atoms with Gasteiger partial charge in [0, 0.05) is 25.5 Å². The second-order valence-corrected chi connectivity index (χ2v) is 7.64. The number of guanidine groups is 1. The summed E-state index contributed by atoms with van der Waals surface area (Å²) >= 11 is 1.67. The number of halogens is 4. The van der Waals surface area contributed by atoms with Gasteiger partial charge < -0.3 is 20.3 Å². The molecule has 2 aromatic rings. The van der Waals surface area contributed by atoms with Crippen molar-refractivity contribution in [3.8, 4) is 5.75 Å². The van der Waals surface area contributed by atoms with Crippen LogP contribution in [-0.4, -0.2) is 56.7 Å². The van der Waals surface area contributed by atoms with Gasteiger partial charge in [0.2, 0.25) is 5.91 Å². The Morgan fingerprint density at radius 2 is 1.87 bits per heavy atom. The number of hydrogen-bond acceptors (Lipinski definition) is 4. The summed E-state index contributed by atoms with van der Waals surface area (Å²) in [5.74, 6) is 0.539. The summed E-state index contributed by atoms with van der Waals surface area (Å²) < 4.78 is 41.4. The Morgan fingerprint density at radius 1 is 1.16 bits per heavy atom. The number of benzene rings is 1. The zero-order valence-electron chi connectivity index (χ0n) is 17.2. The molecule has 0 aliphatic carbocycles. The zero-order valence-corrected chi connectivity index (χ0v) is 20.4. The van der Waals surface area contributed by atoms with Crippen LogP contribution in [0.25, 0.3) is 0 Å². The predicted molar refractivity (Wildman–Crippen MR) is 127 cm³/mol. The third-order valence-electron chi connectivity index (χ3n) is 3.90. The number of hydrogen-bond donors (Lipinski definition) is 2. The van der Waals surface area contributed by atoms with Crippen molar-refractivity contribution in [2.75, 3.05) is 33.8 Å². The third kappa shape index (κ3) is 11.2. The first kappa shape index (κ1) is 27.0. The van der Waals surface area contributed by atoms with Gasteiger partial charge in [0.15, 0.2) is 12.6 Å². The maximum absolute atomic E-state index is 12.2. The van der Waals surface area contributed by atoms with Crippen LogP contribution in [0.15, 0.2) is 46.8 Å². The van der Waals surface area contributed by atoms with Crippen molar-refractivity contribution in [1.29, 1.82) is 0 Å². The molecule has 0 saturated carbocycles. The highest BCUT2D eigenvalue weighted by Crippen LogP contribution is 2.19. The smallest absolute Gasteiger partial charge is 0.422 e.